The van der Waals surface area contributed by atoms with Gasteiger partial charge in [0.05, 0.1) is 0 Å². The molecule has 0 aliphatic heterocycles. The van der Waals surface area contributed by atoms with Gasteiger partial charge in [-0.25, -0.2) is 0 Å². The van der Waals surface area contributed by atoms with E-state index in [4.69, 9.17) is 0 Å². The first kappa shape index (κ1) is 6.60. The molecular formula is C9H14. The average molecular weight is 122 g/mol. The molecule has 0 saturated heterocycles. The lowest BCUT2D eigenvalue weighted by Gasteiger charge is -2.09. The number of allylic oxidation sites excluding steroid dienone is 4. The van der Waals surface area contributed by atoms with Crippen molar-refractivity contribution in [3.05, 3.63) is 23.3 Å². The van der Waals surface area contributed by atoms with Crippen molar-refractivity contribution < 1.29 is 0 Å². The SMILES string of the molecule is CCC1C(C)=CC=C1C. The highest BCUT2D eigenvalue weighted by atomic mass is 14.2. The average Bonchev–Trinajstić information content (AvgIpc) is 2.12. The van der Waals surface area contributed by atoms with Crippen LogP contribution in [0.4, 0.5) is 0 Å². The van der Waals surface area contributed by atoms with Gasteiger partial charge in [-0.3, -0.25) is 0 Å². The summed E-state index contributed by atoms with van der Waals surface area (Å²) in [5.41, 5.74) is 3.05. The van der Waals surface area contributed by atoms with E-state index in [0.717, 1.165) is 5.92 Å². The van der Waals surface area contributed by atoms with E-state index < -0.39 is 0 Å². The number of rotatable bonds is 1. The van der Waals surface area contributed by atoms with Crippen LogP contribution in [0.5, 0.6) is 0 Å². The van der Waals surface area contributed by atoms with Gasteiger partial charge in [-0.1, -0.05) is 30.2 Å². The highest BCUT2D eigenvalue weighted by molar-refractivity contribution is 5.31. The molecule has 0 radical (unpaired) electrons. The summed E-state index contributed by atoms with van der Waals surface area (Å²) in [6.45, 7) is 6.66. The summed E-state index contributed by atoms with van der Waals surface area (Å²) in [7, 11) is 0. The van der Waals surface area contributed by atoms with E-state index in [9.17, 15) is 0 Å². The van der Waals surface area contributed by atoms with Crippen LogP contribution in [0.3, 0.4) is 0 Å². The fourth-order valence-corrected chi connectivity index (χ4v) is 1.50. The summed E-state index contributed by atoms with van der Waals surface area (Å²) in [5.74, 6) is 0.755. The standard InChI is InChI=1S/C9H14/c1-4-9-7(2)5-6-8(9)3/h5-6,9H,4H2,1-3H3. The topological polar surface area (TPSA) is 0 Å². The molecule has 0 heterocycles. The maximum atomic E-state index is 2.24. The van der Waals surface area contributed by atoms with Gasteiger partial charge in [0, 0.05) is 5.92 Å². The molecule has 0 aromatic carbocycles. The third kappa shape index (κ3) is 1.07. The van der Waals surface area contributed by atoms with Crippen LogP contribution in [0.15, 0.2) is 23.3 Å². The van der Waals surface area contributed by atoms with Gasteiger partial charge < -0.3 is 0 Å². The summed E-state index contributed by atoms with van der Waals surface area (Å²) >= 11 is 0. The van der Waals surface area contributed by atoms with E-state index in [1.165, 1.54) is 17.6 Å². The molecule has 0 spiro atoms. The summed E-state index contributed by atoms with van der Waals surface area (Å²) in [6.07, 6.45) is 5.71. The molecule has 9 heavy (non-hydrogen) atoms. The van der Waals surface area contributed by atoms with Crippen molar-refractivity contribution in [2.24, 2.45) is 5.92 Å². The molecule has 0 atom stereocenters. The van der Waals surface area contributed by atoms with E-state index in [0.29, 0.717) is 0 Å². The molecule has 0 nitrogen and oxygen atoms in total. The molecule has 1 rings (SSSR count). The van der Waals surface area contributed by atoms with Crippen molar-refractivity contribution >= 4 is 0 Å². The van der Waals surface area contributed by atoms with Gasteiger partial charge in [0.15, 0.2) is 0 Å². The highest BCUT2D eigenvalue weighted by Crippen LogP contribution is 2.28. The molecule has 0 N–H and O–H groups in total. The third-order valence-electron chi connectivity index (χ3n) is 2.12. The smallest absolute Gasteiger partial charge is 0.000501 e. The Kier molecular flexibility index (Phi) is 1.75. The first-order valence-corrected chi connectivity index (χ1v) is 3.60. The largest absolute Gasteiger partial charge is 0.0662 e. The summed E-state index contributed by atoms with van der Waals surface area (Å²) in [4.78, 5) is 0. The Hall–Kier alpha value is -0.520. The van der Waals surface area contributed by atoms with Crippen LogP contribution in [0, 0.1) is 5.92 Å². The predicted molar refractivity (Wildman–Crippen MR) is 41.3 cm³/mol. The van der Waals surface area contributed by atoms with Crippen LogP contribution < -0.4 is 0 Å². The fraction of sp³-hybridized carbons (Fsp3) is 0.556. The zero-order chi connectivity index (χ0) is 6.85. The zero-order valence-corrected chi connectivity index (χ0v) is 6.44. The molecule has 0 bridgehead atoms. The maximum absolute atomic E-state index is 2.24. The third-order valence-corrected chi connectivity index (χ3v) is 2.12. The Bertz CT molecular complexity index is 143. The van der Waals surface area contributed by atoms with Crippen LogP contribution in [0.1, 0.15) is 27.2 Å². The minimum Gasteiger partial charge on any atom is -0.0662 e. The van der Waals surface area contributed by atoms with Gasteiger partial charge in [0.1, 0.15) is 0 Å². The molecule has 1 aliphatic rings. The van der Waals surface area contributed by atoms with Gasteiger partial charge in [-0.05, 0) is 20.3 Å². The van der Waals surface area contributed by atoms with Gasteiger partial charge >= 0.3 is 0 Å². The Morgan fingerprint density at radius 1 is 1.22 bits per heavy atom. The quantitative estimate of drug-likeness (QED) is 0.501. The van der Waals surface area contributed by atoms with Gasteiger partial charge in [-0.15, -0.1) is 0 Å². The van der Waals surface area contributed by atoms with E-state index >= 15 is 0 Å². The van der Waals surface area contributed by atoms with Crippen molar-refractivity contribution in [3.63, 3.8) is 0 Å². The normalized spacial score (nSPS) is 19.9. The van der Waals surface area contributed by atoms with Gasteiger partial charge in [-0.2, -0.15) is 0 Å². The lowest BCUT2D eigenvalue weighted by atomic mass is 9.95. The molecular weight excluding hydrogens is 108 g/mol. The van der Waals surface area contributed by atoms with Crippen LogP contribution in [0.2, 0.25) is 0 Å². The summed E-state index contributed by atoms with van der Waals surface area (Å²) in [5, 5.41) is 0. The minimum atomic E-state index is 0.755. The summed E-state index contributed by atoms with van der Waals surface area (Å²) < 4.78 is 0. The van der Waals surface area contributed by atoms with E-state index in [2.05, 4.69) is 32.9 Å². The molecule has 0 unspecified atom stereocenters. The second-order valence-corrected chi connectivity index (χ2v) is 2.78. The summed E-state index contributed by atoms with van der Waals surface area (Å²) in [6, 6.07) is 0. The van der Waals surface area contributed by atoms with Crippen LogP contribution in [-0.2, 0) is 0 Å². The molecule has 0 saturated carbocycles. The molecule has 1 aliphatic carbocycles. The second-order valence-electron chi connectivity index (χ2n) is 2.78. The number of hydrogen-bond acceptors (Lipinski definition) is 0. The first-order valence-electron chi connectivity index (χ1n) is 3.60. The molecule has 0 amide bonds. The molecule has 0 fully saturated rings. The molecule has 0 heteroatoms. The molecule has 50 valence electrons. The highest BCUT2D eigenvalue weighted by Gasteiger charge is 2.13. The van der Waals surface area contributed by atoms with Gasteiger partial charge in [0.2, 0.25) is 0 Å². The Morgan fingerprint density at radius 2 is 1.67 bits per heavy atom. The van der Waals surface area contributed by atoms with Gasteiger partial charge in [0.25, 0.3) is 0 Å². The fourth-order valence-electron chi connectivity index (χ4n) is 1.50. The van der Waals surface area contributed by atoms with Crippen LogP contribution in [-0.4, -0.2) is 0 Å². The maximum Gasteiger partial charge on any atom is 0.000501 e. The zero-order valence-electron chi connectivity index (χ0n) is 6.44. The predicted octanol–water partition coefficient (Wildman–Crippen LogP) is 2.92. The molecule has 0 aromatic rings. The van der Waals surface area contributed by atoms with Crippen molar-refractivity contribution in [3.8, 4) is 0 Å². The van der Waals surface area contributed by atoms with Crippen molar-refractivity contribution in [2.75, 3.05) is 0 Å². The minimum absolute atomic E-state index is 0.755. The lowest BCUT2D eigenvalue weighted by molar-refractivity contribution is 0.698. The first-order chi connectivity index (χ1) is 4.25. The van der Waals surface area contributed by atoms with Crippen molar-refractivity contribution in [1.82, 2.24) is 0 Å². The molecule has 0 aromatic heterocycles. The van der Waals surface area contributed by atoms with Crippen LogP contribution in [0.25, 0.3) is 0 Å². The van der Waals surface area contributed by atoms with Crippen LogP contribution >= 0.6 is 0 Å². The second kappa shape index (κ2) is 2.38. The van der Waals surface area contributed by atoms with Crippen molar-refractivity contribution in [2.45, 2.75) is 27.2 Å². The van der Waals surface area contributed by atoms with E-state index in [1.807, 2.05) is 0 Å². The Morgan fingerprint density at radius 3 is 1.89 bits per heavy atom. The van der Waals surface area contributed by atoms with Crippen molar-refractivity contribution in [1.29, 1.82) is 0 Å². The van der Waals surface area contributed by atoms with E-state index in [-0.39, 0.29) is 0 Å². The monoisotopic (exact) mass is 122 g/mol. The number of hydrogen-bond donors (Lipinski definition) is 0. The van der Waals surface area contributed by atoms with E-state index in [1.54, 1.807) is 0 Å². The Labute approximate surface area is 57.3 Å². The Balaban J connectivity index is 2.70. The lowest BCUT2D eigenvalue weighted by Crippen LogP contribution is -1.96.